The Morgan fingerprint density at radius 1 is 0.868 bits per heavy atom. The van der Waals surface area contributed by atoms with E-state index < -0.39 is 0 Å². The molecular formula is C40H49Cl2N5O6. The Bertz CT molecular complexity index is 1860. The highest BCUT2D eigenvalue weighted by molar-refractivity contribution is 6.42. The van der Waals surface area contributed by atoms with Gasteiger partial charge in [-0.1, -0.05) is 41.4 Å². The topological polar surface area (TPSA) is 98.6 Å². The molecule has 1 aromatic heterocycles. The van der Waals surface area contributed by atoms with Crippen molar-refractivity contribution in [2.75, 3.05) is 87.4 Å². The number of amides is 1. The van der Waals surface area contributed by atoms with Gasteiger partial charge < -0.3 is 33.3 Å². The lowest BCUT2D eigenvalue weighted by atomic mass is 9.90. The number of imidazole rings is 1. The van der Waals surface area contributed by atoms with Gasteiger partial charge in [-0.15, -0.1) is 0 Å². The first-order chi connectivity index (χ1) is 25.7. The molecule has 2 aliphatic rings. The molecule has 0 N–H and O–H groups in total. The molecule has 0 spiro atoms. The molecule has 0 bridgehead atoms. The van der Waals surface area contributed by atoms with Crippen molar-refractivity contribution in [1.82, 2.24) is 24.3 Å². The molecule has 1 unspecified atom stereocenters. The molecule has 13 heteroatoms. The van der Waals surface area contributed by atoms with Crippen LogP contribution in [-0.4, -0.2) is 123 Å². The minimum atomic E-state index is -0.176. The maximum atomic E-state index is 14.1. The molecule has 284 valence electrons. The number of likely N-dealkylation sites (tertiary alicyclic amines) is 1. The standard InChI is InChI=1S/C40H49Cl2N5O6/c1-44(40(49)30-24-35(50-2)38(52-4)36(25-30)51-3)26-29(28-9-10-31(41)32(42)23-28)13-16-45-14-11-27(12-15-45)37(48)39-43-33-7-5-6-8-34(33)47(39)18-17-46-19-21-53-22-20-46/h5-10,23-25,27,29H,11-22,26H2,1-4H3. The number of likely N-dealkylation sites (N-methyl/N-ethyl adjacent to an activating group) is 1. The molecule has 4 aromatic rings. The first-order valence-electron chi connectivity index (χ1n) is 18.2. The van der Waals surface area contributed by atoms with Crippen LogP contribution < -0.4 is 14.2 Å². The number of Topliss-reactive ketones (excluding diaryl/α,β-unsaturated/α-hetero) is 1. The van der Waals surface area contributed by atoms with Gasteiger partial charge in [-0.25, -0.2) is 4.98 Å². The number of aromatic nitrogens is 2. The van der Waals surface area contributed by atoms with Crippen molar-refractivity contribution < 1.29 is 28.5 Å². The number of halogens is 2. The van der Waals surface area contributed by atoms with Crippen LogP contribution in [-0.2, 0) is 11.3 Å². The zero-order chi connectivity index (χ0) is 37.5. The van der Waals surface area contributed by atoms with Crippen molar-refractivity contribution in [1.29, 1.82) is 0 Å². The normalized spacial score (nSPS) is 16.4. The van der Waals surface area contributed by atoms with Crippen LogP contribution >= 0.6 is 23.2 Å². The number of methoxy groups -OCH3 is 3. The summed E-state index contributed by atoms with van der Waals surface area (Å²) < 4.78 is 24.1. The number of hydrogen-bond acceptors (Lipinski definition) is 9. The van der Waals surface area contributed by atoms with Crippen molar-refractivity contribution in [3.05, 3.63) is 81.6 Å². The molecule has 2 aliphatic heterocycles. The van der Waals surface area contributed by atoms with E-state index in [-0.39, 0.29) is 23.5 Å². The number of fused-ring (bicyclic) bond motifs is 1. The Morgan fingerprint density at radius 2 is 1.55 bits per heavy atom. The second-order valence-corrected chi connectivity index (χ2v) is 14.6. The Balaban J connectivity index is 1.11. The number of hydrogen-bond donors (Lipinski definition) is 0. The summed E-state index contributed by atoms with van der Waals surface area (Å²) in [6.07, 6.45) is 2.31. The molecule has 2 saturated heterocycles. The number of para-hydroxylation sites is 2. The van der Waals surface area contributed by atoms with Crippen molar-refractivity contribution in [3.8, 4) is 17.2 Å². The van der Waals surface area contributed by atoms with E-state index >= 15 is 0 Å². The van der Waals surface area contributed by atoms with E-state index in [1.165, 1.54) is 21.3 Å². The molecule has 11 nitrogen and oxygen atoms in total. The van der Waals surface area contributed by atoms with E-state index in [0.717, 1.165) is 88.3 Å². The molecule has 0 aliphatic carbocycles. The lowest BCUT2D eigenvalue weighted by Crippen LogP contribution is -2.39. The number of ether oxygens (including phenoxy) is 4. The maximum absolute atomic E-state index is 14.1. The van der Waals surface area contributed by atoms with E-state index in [0.29, 0.717) is 51.8 Å². The first-order valence-corrected chi connectivity index (χ1v) is 19.0. The summed E-state index contributed by atoms with van der Waals surface area (Å²) in [6.45, 7) is 7.72. The van der Waals surface area contributed by atoms with Gasteiger partial charge in [-0.05, 0) is 80.9 Å². The van der Waals surface area contributed by atoms with Gasteiger partial charge in [0, 0.05) is 57.2 Å². The summed E-state index contributed by atoms with van der Waals surface area (Å²) in [5.74, 6) is 1.67. The molecule has 6 rings (SSSR count). The fourth-order valence-corrected chi connectivity index (χ4v) is 7.77. The van der Waals surface area contributed by atoms with Crippen LogP contribution in [0.15, 0.2) is 54.6 Å². The Labute approximate surface area is 321 Å². The zero-order valence-electron chi connectivity index (χ0n) is 31.0. The number of benzene rings is 3. The molecule has 0 saturated carbocycles. The minimum Gasteiger partial charge on any atom is -0.493 e. The zero-order valence-corrected chi connectivity index (χ0v) is 32.5. The van der Waals surface area contributed by atoms with E-state index in [1.54, 1.807) is 30.1 Å². The molecular weight excluding hydrogens is 717 g/mol. The fourth-order valence-electron chi connectivity index (χ4n) is 7.46. The monoisotopic (exact) mass is 765 g/mol. The van der Waals surface area contributed by atoms with Crippen molar-refractivity contribution in [2.24, 2.45) is 5.92 Å². The fraction of sp³-hybridized carbons (Fsp3) is 0.475. The summed E-state index contributed by atoms with van der Waals surface area (Å²) in [5.41, 5.74) is 3.29. The molecule has 0 radical (unpaired) electrons. The van der Waals surface area contributed by atoms with E-state index in [9.17, 15) is 9.59 Å². The van der Waals surface area contributed by atoms with Gasteiger partial charge in [0.15, 0.2) is 17.3 Å². The third-order valence-electron chi connectivity index (χ3n) is 10.5. The van der Waals surface area contributed by atoms with Crippen LogP contribution in [0.1, 0.15) is 51.7 Å². The SMILES string of the molecule is COc1cc(C(=O)N(C)CC(CCN2CCC(C(=O)c3nc4ccccc4n3CCN3CCOCC3)CC2)c2ccc(Cl)c(Cl)c2)cc(OC)c1OC. The second kappa shape index (κ2) is 18.0. The highest BCUT2D eigenvalue weighted by atomic mass is 35.5. The van der Waals surface area contributed by atoms with Gasteiger partial charge in [-0.2, -0.15) is 0 Å². The van der Waals surface area contributed by atoms with E-state index in [4.69, 9.17) is 47.1 Å². The molecule has 3 aromatic carbocycles. The minimum absolute atomic E-state index is 0.0218. The Hall–Kier alpha value is -3.87. The van der Waals surface area contributed by atoms with Gasteiger partial charge >= 0.3 is 0 Å². The number of ketones is 1. The summed E-state index contributed by atoms with van der Waals surface area (Å²) in [7, 11) is 6.38. The lowest BCUT2D eigenvalue weighted by molar-refractivity contribution is 0.0363. The molecule has 1 amide bonds. The highest BCUT2D eigenvalue weighted by Crippen LogP contribution is 2.39. The van der Waals surface area contributed by atoms with Crippen LogP contribution in [0.4, 0.5) is 0 Å². The molecule has 2 fully saturated rings. The number of piperidine rings is 1. The lowest BCUT2D eigenvalue weighted by Gasteiger charge is -2.33. The number of nitrogens with zero attached hydrogens (tertiary/aromatic N) is 5. The van der Waals surface area contributed by atoms with Gasteiger partial charge in [0.2, 0.25) is 11.5 Å². The maximum Gasteiger partial charge on any atom is 0.253 e. The average molecular weight is 767 g/mol. The van der Waals surface area contributed by atoms with Crippen LogP contribution in [0.2, 0.25) is 10.0 Å². The van der Waals surface area contributed by atoms with Crippen LogP contribution in [0, 0.1) is 5.92 Å². The first kappa shape index (κ1) is 38.8. The van der Waals surface area contributed by atoms with Gasteiger partial charge in [-0.3, -0.25) is 14.5 Å². The number of carbonyl (C=O) groups excluding carboxylic acids is 2. The predicted molar refractivity (Wildman–Crippen MR) is 207 cm³/mol. The largest absolute Gasteiger partial charge is 0.493 e. The average Bonchev–Trinajstić information content (AvgIpc) is 3.57. The third-order valence-corrected chi connectivity index (χ3v) is 11.3. The number of rotatable bonds is 15. The number of carbonyl (C=O) groups is 2. The predicted octanol–water partition coefficient (Wildman–Crippen LogP) is 6.54. The highest BCUT2D eigenvalue weighted by Gasteiger charge is 2.31. The Kier molecular flexibility index (Phi) is 13.2. The van der Waals surface area contributed by atoms with E-state index in [2.05, 4.69) is 20.4 Å². The van der Waals surface area contributed by atoms with E-state index in [1.807, 2.05) is 30.3 Å². The smallest absolute Gasteiger partial charge is 0.253 e. The number of morpholine rings is 1. The molecule has 3 heterocycles. The summed E-state index contributed by atoms with van der Waals surface area (Å²) in [5, 5.41) is 0.959. The van der Waals surface area contributed by atoms with Crippen LogP contribution in [0.5, 0.6) is 17.2 Å². The summed E-state index contributed by atoms with van der Waals surface area (Å²) in [6, 6.07) is 17.0. The van der Waals surface area contributed by atoms with Crippen LogP contribution in [0.3, 0.4) is 0 Å². The molecule has 53 heavy (non-hydrogen) atoms. The summed E-state index contributed by atoms with van der Waals surface area (Å²) in [4.78, 5) is 39.2. The second-order valence-electron chi connectivity index (χ2n) is 13.8. The molecule has 1 atom stereocenters. The third kappa shape index (κ3) is 9.09. The Morgan fingerprint density at radius 3 is 2.21 bits per heavy atom. The van der Waals surface area contributed by atoms with Crippen LogP contribution in [0.25, 0.3) is 11.0 Å². The van der Waals surface area contributed by atoms with Gasteiger partial charge in [0.1, 0.15) is 0 Å². The van der Waals surface area contributed by atoms with Gasteiger partial charge in [0.05, 0.1) is 55.6 Å². The van der Waals surface area contributed by atoms with Crippen molar-refractivity contribution >= 4 is 45.9 Å². The quantitative estimate of drug-likeness (QED) is 0.125. The van der Waals surface area contributed by atoms with Gasteiger partial charge in [0.25, 0.3) is 5.91 Å². The van der Waals surface area contributed by atoms with Crippen molar-refractivity contribution in [2.45, 2.75) is 31.7 Å². The summed E-state index contributed by atoms with van der Waals surface area (Å²) >= 11 is 12.8. The van der Waals surface area contributed by atoms with Crippen molar-refractivity contribution in [3.63, 3.8) is 0 Å².